The van der Waals surface area contributed by atoms with E-state index in [2.05, 4.69) is 18.6 Å². The first-order chi connectivity index (χ1) is 30.1. The van der Waals surface area contributed by atoms with E-state index in [0.717, 1.165) is 32.1 Å². The summed E-state index contributed by atoms with van der Waals surface area (Å²) < 4.78 is 38.5. The molecule has 366 valence electrons. The zero-order valence-electron chi connectivity index (χ0n) is 40.3. The van der Waals surface area contributed by atoms with Crippen LogP contribution in [0.4, 0.5) is 0 Å². The number of carbonyl (C=O) groups is 4. The Kier molecular flexibility index (Phi) is 37.8. The van der Waals surface area contributed by atoms with Gasteiger partial charge < -0.3 is 37.7 Å². The smallest absolute Gasteiger partial charge is 0.339 e. The molecule has 0 saturated carbocycles. The highest BCUT2D eigenvalue weighted by atomic mass is 31.2. The van der Waals surface area contributed by atoms with Crippen molar-refractivity contribution in [2.24, 2.45) is 0 Å². The molecule has 1 N–H and O–H groups in total. The molecule has 2 unspecified atom stereocenters. The van der Waals surface area contributed by atoms with E-state index in [0.29, 0.717) is 17.4 Å². The Morgan fingerprint density at radius 3 is 1.44 bits per heavy atom. The number of carboxylic acids is 1. The molecule has 1 aromatic carbocycles. The highest BCUT2D eigenvalue weighted by Crippen LogP contribution is 2.38. The van der Waals surface area contributed by atoms with Crippen LogP contribution in [-0.2, 0) is 37.5 Å². The average Bonchev–Trinajstić information content (AvgIpc) is 3.22. The first-order valence-corrected chi connectivity index (χ1v) is 25.8. The summed E-state index contributed by atoms with van der Waals surface area (Å²) in [5.41, 5.74) is -0.0160. The minimum atomic E-state index is -4.61. The first kappa shape index (κ1) is 60.2. The number of ether oxygens (including phenoxy) is 3. The Morgan fingerprint density at radius 1 is 0.619 bits per heavy atom. The molecule has 0 aromatic heterocycles. The molecule has 0 fully saturated rings. The van der Waals surface area contributed by atoms with Crippen LogP contribution in [0.15, 0.2) is 24.3 Å². The molecule has 1 aromatic rings. The molecule has 13 nitrogen and oxygen atoms in total. The molecule has 0 radical (unpaired) electrons. The van der Waals surface area contributed by atoms with E-state index in [9.17, 15) is 28.6 Å². The molecule has 1 rings (SSSR count). The van der Waals surface area contributed by atoms with Crippen molar-refractivity contribution in [1.82, 2.24) is 0 Å². The molecular formula is C49H88NO12P. The van der Waals surface area contributed by atoms with Gasteiger partial charge in [-0.1, -0.05) is 180 Å². The predicted octanol–water partition coefficient (Wildman–Crippen LogP) is 11.9. The zero-order valence-corrected chi connectivity index (χ0v) is 41.2. The maximum atomic E-state index is 12.6. The average molecular weight is 914 g/mol. The van der Waals surface area contributed by atoms with Crippen LogP contribution in [-0.4, -0.2) is 87.1 Å². The molecule has 0 aliphatic rings. The number of phosphoric ester groups is 1. The molecule has 0 saturated heterocycles. The number of carboxylic acid groups (broad SMARTS) is 1. The second-order valence-electron chi connectivity index (χ2n) is 17.8. The lowest BCUT2D eigenvalue weighted by Crippen LogP contribution is -2.37. The fourth-order valence-electron chi connectivity index (χ4n) is 6.72. The topological polar surface area (TPSA) is 175 Å². The van der Waals surface area contributed by atoms with Crippen LogP contribution in [0.5, 0.6) is 5.75 Å². The van der Waals surface area contributed by atoms with Gasteiger partial charge in [-0.15, -0.1) is 0 Å². The van der Waals surface area contributed by atoms with Crippen molar-refractivity contribution < 1.29 is 61.5 Å². The number of phosphoric acid groups is 1. The lowest BCUT2D eigenvalue weighted by molar-refractivity contribution is -0.870. The standard InChI is InChI=1S/C40H80NO8P.C9H8O4/c1-6-8-10-12-14-16-18-20-22-24-26-28-30-32-39(42)46-36-38(37-48-50(44,45)47-35-34-41(3,4)5)49-40(43)33-31-29-27-25-23-21-19-17-15-13-11-9-7-2;1-6(10)13-8-5-3-2-4-7(8)9(11)12/h38H,6-37H2,1-5H3;2-5H,1H3,(H,11,12). The van der Waals surface area contributed by atoms with Crippen molar-refractivity contribution in [2.75, 3.05) is 47.5 Å². The number of rotatable bonds is 40. The minimum Gasteiger partial charge on any atom is -0.756 e. The number of nitrogens with zero attached hydrogens (tertiary/aromatic N) is 1. The molecule has 2 atom stereocenters. The third-order valence-electron chi connectivity index (χ3n) is 10.5. The number of unbranched alkanes of at least 4 members (excludes halogenated alkanes) is 24. The van der Waals surface area contributed by atoms with Crippen molar-refractivity contribution in [1.29, 1.82) is 0 Å². The van der Waals surface area contributed by atoms with Crippen molar-refractivity contribution in [3.63, 3.8) is 0 Å². The number of likely N-dealkylation sites (N-methyl/N-ethyl adjacent to an activating group) is 1. The minimum absolute atomic E-state index is 0.0160. The Bertz CT molecular complexity index is 1370. The first-order valence-electron chi connectivity index (χ1n) is 24.4. The van der Waals surface area contributed by atoms with Gasteiger partial charge in [0.1, 0.15) is 31.1 Å². The predicted molar refractivity (Wildman–Crippen MR) is 249 cm³/mol. The highest BCUT2D eigenvalue weighted by molar-refractivity contribution is 7.45. The van der Waals surface area contributed by atoms with E-state index in [4.69, 9.17) is 23.6 Å². The summed E-state index contributed by atoms with van der Waals surface area (Å²) in [5, 5.41) is 8.69. The number of para-hydroxylation sites is 1. The van der Waals surface area contributed by atoms with Crippen LogP contribution in [0, 0.1) is 0 Å². The van der Waals surface area contributed by atoms with E-state index in [-0.39, 0.29) is 43.3 Å². The summed E-state index contributed by atoms with van der Waals surface area (Å²) in [6, 6.07) is 5.98. The Morgan fingerprint density at radius 2 is 1.03 bits per heavy atom. The fourth-order valence-corrected chi connectivity index (χ4v) is 7.45. The van der Waals surface area contributed by atoms with Gasteiger partial charge in [0.2, 0.25) is 0 Å². The number of carbonyl (C=O) groups excluding carboxylic acids is 3. The second kappa shape index (κ2) is 39.5. The Labute approximate surface area is 381 Å². The van der Waals surface area contributed by atoms with Crippen molar-refractivity contribution in [2.45, 2.75) is 207 Å². The lowest BCUT2D eigenvalue weighted by atomic mass is 10.0. The van der Waals surface area contributed by atoms with Gasteiger partial charge in [0.25, 0.3) is 7.82 Å². The van der Waals surface area contributed by atoms with E-state index >= 15 is 0 Å². The summed E-state index contributed by atoms with van der Waals surface area (Å²) in [7, 11) is 1.18. The summed E-state index contributed by atoms with van der Waals surface area (Å²) in [6.45, 7) is 5.46. The molecule has 0 bridgehead atoms. The Balaban J connectivity index is 0.00000250. The summed E-state index contributed by atoms with van der Waals surface area (Å²) >= 11 is 0. The van der Waals surface area contributed by atoms with Crippen LogP contribution in [0.3, 0.4) is 0 Å². The third kappa shape index (κ3) is 40.4. The SMILES string of the molecule is CC(=O)Oc1ccccc1C(=O)O.CCCCCCCCCCCCCCCC(=O)OCC(COP(=O)([O-])OCC[N+](C)(C)C)OC(=O)CCCCCCCCCCCCCCC. The lowest BCUT2D eigenvalue weighted by Gasteiger charge is -2.28. The molecule has 0 amide bonds. The van der Waals surface area contributed by atoms with Crippen molar-refractivity contribution in [3.8, 4) is 5.75 Å². The van der Waals surface area contributed by atoms with Crippen LogP contribution in [0.25, 0.3) is 0 Å². The van der Waals surface area contributed by atoms with Gasteiger partial charge in [-0.2, -0.15) is 0 Å². The number of esters is 3. The second-order valence-corrected chi connectivity index (χ2v) is 19.2. The maximum Gasteiger partial charge on any atom is 0.339 e. The number of hydrogen-bond acceptors (Lipinski definition) is 11. The number of quaternary nitrogens is 1. The largest absolute Gasteiger partial charge is 0.756 e. The quantitative estimate of drug-likeness (QED) is 0.0217. The number of benzene rings is 1. The van der Waals surface area contributed by atoms with E-state index in [1.165, 1.54) is 147 Å². The van der Waals surface area contributed by atoms with Gasteiger partial charge in [-0.25, -0.2) is 4.79 Å². The fraction of sp³-hybridized carbons (Fsp3) is 0.796. The summed E-state index contributed by atoms with van der Waals surface area (Å²) in [5.74, 6) is -2.40. The molecular weight excluding hydrogens is 826 g/mol. The van der Waals surface area contributed by atoms with Gasteiger partial charge in [0, 0.05) is 19.8 Å². The van der Waals surface area contributed by atoms with E-state index in [1.807, 2.05) is 21.1 Å². The molecule has 0 aliphatic heterocycles. The van der Waals surface area contributed by atoms with Gasteiger partial charge in [-0.05, 0) is 25.0 Å². The number of hydrogen-bond donors (Lipinski definition) is 1. The van der Waals surface area contributed by atoms with Gasteiger partial charge >= 0.3 is 23.9 Å². The van der Waals surface area contributed by atoms with Crippen molar-refractivity contribution in [3.05, 3.63) is 29.8 Å². The van der Waals surface area contributed by atoms with E-state index < -0.39 is 38.4 Å². The van der Waals surface area contributed by atoms with E-state index in [1.54, 1.807) is 12.1 Å². The monoisotopic (exact) mass is 914 g/mol. The van der Waals surface area contributed by atoms with Gasteiger partial charge in [-0.3, -0.25) is 18.9 Å². The van der Waals surface area contributed by atoms with Crippen molar-refractivity contribution >= 4 is 31.7 Å². The van der Waals surface area contributed by atoms with Crippen LogP contribution < -0.4 is 9.63 Å². The highest BCUT2D eigenvalue weighted by Gasteiger charge is 2.22. The molecule has 0 heterocycles. The maximum absolute atomic E-state index is 12.6. The van der Waals surface area contributed by atoms with Gasteiger partial charge in [0.15, 0.2) is 6.10 Å². The van der Waals surface area contributed by atoms with Crippen LogP contribution >= 0.6 is 7.82 Å². The normalized spacial score (nSPS) is 12.7. The number of aromatic carboxylic acids is 1. The molecule has 0 aliphatic carbocycles. The molecule has 0 spiro atoms. The Hall–Kier alpha value is -2.83. The molecule has 63 heavy (non-hydrogen) atoms. The molecule has 14 heteroatoms. The van der Waals surface area contributed by atoms with Crippen LogP contribution in [0.1, 0.15) is 211 Å². The van der Waals surface area contributed by atoms with Crippen LogP contribution in [0.2, 0.25) is 0 Å². The summed E-state index contributed by atoms with van der Waals surface area (Å²) in [6.07, 6.45) is 31.2. The zero-order chi connectivity index (χ0) is 47.0. The summed E-state index contributed by atoms with van der Waals surface area (Å²) in [4.78, 5) is 58.6. The third-order valence-corrected chi connectivity index (χ3v) is 11.5. The van der Waals surface area contributed by atoms with Gasteiger partial charge in [0.05, 0.1) is 27.7 Å².